The van der Waals surface area contributed by atoms with Gasteiger partial charge in [-0.2, -0.15) is 0 Å². The molecule has 0 aliphatic rings. The predicted octanol–water partition coefficient (Wildman–Crippen LogP) is 0.897. The van der Waals surface area contributed by atoms with E-state index in [2.05, 4.69) is 0 Å². The highest BCUT2D eigenvalue weighted by Gasteiger charge is 2.02. The van der Waals surface area contributed by atoms with Crippen LogP contribution in [0, 0.1) is 0 Å². The average Bonchev–Trinajstić information content (AvgIpc) is 2.03. The summed E-state index contributed by atoms with van der Waals surface area (Å²) in [7, 11) is 0. The SMILES string of the molecule is O.O=CC(=O)c1cccc(Cl)c1. The van der Waals surface area contributed by atoms with Gasteiger partial charge in [-0.05, 0) is 12.1 Å². The monoisotopic (exact) mass is 186 g/mol. The molecule has 3 nitrogen and oxygen atoms in total. The molecule has 0 atom stereocenters. The largest absolute Gasteiger partial charge is 0.412 e. The molecule has 0 bridgehead atoms. The van der Waals surface area contributed by atoms with Gasteiger partial charge in [-0.15, -0.1) is 0 Å². The smallest absolute Gasteiger partial charge is 0.225 e. The second-order valence-corrected chi connectivity index (χ2v) is 2.43. The Bertz CT molecular complexity index is 296. The van der Waals surface area contributed by atoms with Gasteiger partial charge in [0.05, 0.1) is 0 Å². The molecule has 1 rings (SSSR count). The van der Waals surface area contributed by atoms with E-state index in [1.807, 2.05) is 0 Å². The van der Waals surface area contributed by atoms with Crippen LogP contribution in [0.25, 0.3) is 0 Å². The molecule has 0 amide bonds. The zero-order valence-electron chi connectivity index (χ0n) is 6.08. The van der Waals surface area contributed by atoms with E-state index in [0.29, 0.717) is 10.6 Å². The van der Waals surface area contributed by atoms with Crippen LogP contribution in [0.3, 0.4) is 0 Å². The molecule has 1 aromatic rings. The van der Waals surface area contributed by atoms with Gasteiger partial charge in [-0.3, -0.25) is 9.59 Å². The highest BCUT2D eigenvalue weighted by Crippen LogP contribution is 2.10. The van der Waals surface area contributed by atoms with Crippen LogP contribution in [0.15, 0.2) is 24.3 Å². The number of carbonyl (C=O) groups is 2. The highest BCUT2D eigenvalue weighted by molar-refractivity contribution is 6.35. The summed E-state index contributed by atoms with van der Waals surface area (Å²) in [5, 5.41) is 0.456. The Labute approximate surface area is 74.3 Å². The number of aldehydes is 1. The number of hydrogen-bond donors (Lipinski definition) is 0. The number of halogens is 1. The van der Waals surface area contributed by atoms with Gasteiger partial charge in [-0.25, -0.2) is 0 Å². The molecule has 0 heterocycles. The lowest BCUT2D eigenvalue weighted by atomic mass is 10.1. The molecule has 1 aromatic carbocycles. The normalized spacial score (nSPS) is 8.42. The van der Waals surface area contributed by atoms with Gasteiger partial charge in [0.2, 0.25) is 5.78 Å². The van der Waals surface area contributed by atoms with Crippen molar-refractivity contribution in [1.82, 2.24) is 0 Å². The molecule has 4 heteroatoms. The minimum absolute atomic E-state index is 0. The second kappa shape index (κ2) is 4.64. The van der Waals surface area contributed by atoms with Crippen LogP contribution in [0.1, 0.15) is 10.4 Å². The summed E-state index contributed by atoms with van der Waals surface area (Å²) >= 11 is 5.58. The lowest BCUT2D eigenvalue weighted by Gasteiger charge is -1.92. The first-order valence-electron chi connectivity index (χ1n) is 2.99. The van der Waals surface area contributed by atoms with Crippen LogP contribution in [0.4, 0.5) is 0 Å². The van der Waals surface area contributed by atoms with Gasteiger partial charge in [-0.1, -0.05) is 23.7 Å². The molecule has 0 spiro atoms. The summed E-state index contributed by atoms with van der Waals surface area (Å²) in [6, 6.07) is 6.27. The van der Waals surface area contributed by atoms with E-state index in [1.54, 1.807) is 18.2 Å². The van der Waals surface area contributed by atoms with Crippen molar-refractivity contribution in [3.63, 3.8) is 0 Å². The molecule has 0 aliphatic carbocycles. The van der Waals surface area contributed by atoms with Gasteiger partial charge in [0, 0.05) is 10.6 Å². The van der Waals surface area contributed by atoms with Crippen LogP contribution in [0.2, 0.25) is 5.02 Å². The maximum atomic E-state index is 10.7. The van der Waals surface area contributed by atoms with Gasteiger partial charge in [0.25, 0.3) is 0 Å². The van der Waals surface area contributed by atoms with E-state index in [-0.39, 0.29) is 11.8 Å². The van der Waals surface area contributed by atoms with E-state index < -0.39 is 5.78 Å². The lowest BCUT2D eigenvalue weighted by Crippen LogP contribution is -1.98. The number of rotatable bonds is 2. The van der Waals surface area contributed by atoms with Crippen LogP contribution in [-0.4, -0.2) is 17.5 Å². The third-order valence-electron chi connectivity index (χ3n) is 1.22. The van der Waals surface area contributed by atoms with E-state index in [0.717, 1.165) is 0 Å². The summed E-state index contributed by atoms with van der Waals surface area (Å²) in [6.45, 7) is 0. The van der Waals surface area contributed by atoms with E-state index in [4.69, 9.17) is 11.6 Å². The van der Waals surface area contributed by atoms with E-state index >= 15 is 0 Å². The number of benzene rings is 1. The van der Waals surface area contributed by atoms with Crippen molar-refractivity contribution < 1.29 is 15.1 Å². The minimum Gasteiger partial charge on any atom is -0.412 e. The van der Waals surface area contributed by atoms with Crippen molar-refractivity contribution in [1.29, 1.82) is 0 Å². The molecule has 0 aromatic heterocycles. The Kier molecular flexibility index (Phi) is 4.18. The molecular weight excluding hydrogens is 180 g/mol. The Hall–Kier alpha value is -1.19. The lowest BCUT2D eigenvalue weighted by molar-refractivity contribution is -0.104. The number of carbonyl (C=O) groups excluding carboxylic acids is 2. The molecular formula is C8H7ClO3. The molecule has 0 radical (unpaired) electrons. The fourth-order valence-electron chi connectivity index (χ4n) is 0.710. The summed E-state index contributed by atoms with van der Waals surface area (Å²) in [4.78, 5) is 20.8. The van der Waals surface area contributed by atoms with Gasteiger partial charge in [0.1, 0.15) is 0 Å². The quantitative estimate of drug-likeness (QED) is 0.391. The zero-order chi connectivity index (χ0) is 8.27. The maximum Gasteiger partial charge on any atom is 0.225 e. The molecule has 64 valence electrons. The Balaban J connectivity index is 0.00000121. The Morgan fingerprint density at radius 2 is 2.08 bits per heavy atom. The predicted molar refractivity (Wildman–Crippen MR) is 45.5 cm³/mol. The summed E-state index contributed by atoms with van der Waals surface area (Å²) in [6.07, 6.45) is 0.270. The fraction of sp³-hybridized carbons (Fsp3) is 0. The molecule has 12 heavy (non-hydrogen) atoms. The Morgan fingerprint density at radius 1 is 1.42 bits per heavy atom. The topological polar surface area (TPSA) is 65.6 Å². The first-order chi connectivity index (χ1) is 5.24. The summed E-state index contributed by atoms with van der Waals surface area (Å²) in [5.74, 6) is -0.549. The van der Waals surface area contributed by atoms with Crippen LogP contribution < -0.4 is 0 Å². The summed E-state index contributed by atoms with van der Waals surface area (Å²) < 4.78 is 0. The van der Waals surface area contributed by atoms with Gasteiger partial charge >= 0.3 is 0 Å². The summed E-state index contributed by atoms with van der Waals surface area (Å²) in [5.41, 5.74) is 0.326. The zero-order valence-corrected chi connectivity index (χ0v) is 6.84. The minimum atomic E-state index is -0.549. The van der Waals surface area contributed by atoms with Crippen molar-refractivity contribution in [2.75, 3.05) is 0 Å². The first kappa shape index (κ1) is 10.8. The van der Waals surface area contributed by atoms with Gasteiger partial charge in [0.15, 0.2) is 6.29 Å². The molecule has 0 saturated carbocycles. The third kappa shape index (κ3) is 2.45. The molecule has 0 unspecified atom stereocenters. The van der Waals surface area contributed by atoms with Crippen molar-refractivity contribution in [3.8, 4) is 0 Å². The van der Waals surface area contributed by atoms with E-state index in [9.17, 15) is 9.59 Å². The van der Waals surface area contributed by atoms with Crippen LogP contribution in [0.5, 0.6) is 0 Å². The number of ketones is 1. The van der Waals surface area contributed by atoms with Gasteiger partial charge < -0.3 is 5.48 Å². The molecule has 0 fully saturated rings. The van der Waals surface area contributed by atoms with Crippen LogP contribution in [-0.2, 0) is 4.79 Å². The first-order valence-corrected chi connectivity index (χ1v) is 3.37. The number of Topliss-reactive ketones (excluding diaryl/α,β-unsaturated/α-hetero) is 1. The van der Waals surface area contributed by atoms with Crippen molar-refractivity contribution >= 4 is 23.7 Å². The highest BCUT2D eigenvalue weighted by atomic mass is 35.5. The van der Waals surface area contributed by atoms with E-state index in [1.165, 1.54) is 6.07 Å². The Morgan fingerprint density at radius 3 is 2.58 bits per heavy atom. The average molecular weight is 187 g/mol. The van der Waals surface area contributed by atoms with Crippen LogP contribution >= 0.6 is 11.6 Å². The third-order valence-corrected chi connectivity index (χ3v) is 1.45. The standard InChI is InChI=1S/C8H5ClO2.H2O/c9-7-3-1-2-6(4-7)8(11)5-10;/h1-5H;1H2. The molecule has 2 N–H and O–H groups in total. The molecule has 0 saturated heterocycles. The molecule has 0 aliphatic heterocycles. The van der Waals surface area contributed by atoms with Crippen molar-refractivity contribution in [3.05, 3.63) is 34.9 Å². The number of hydrogen-bond acceptors (Lipinski definition) is 2. The second-order valence-electron chi connectivity index (χ2n) is 1.99. The van der Waals surface area contributed by atoms with Crippen molar-refractivity contribution in [2.45, 2.75) is 0 Å². The van der Waals surface area contributed by atoms with Crippen molar-refractivity contribution in [2.24, 2.45) is 0 Å². The maximum absolute atomic E-state index is 10.7. The fourth-order valence-corrected chi connectivity index (χ4v) is 0.900.